The van der Waals surface area contributed by atoms with E-state index in [0.29, 0.717) is 19.5 Å². The number of esters is 1. The zero-order valence-electron chi connectivity index (χ0n) is 14.7. The number of anilines is 1. The van der Waals surface area contributed by atoms with Crippen LogP contribution in [0, 0.1) is 0 Å². The number of rotatable bonds is 7. The molecule has 134 valence electrons. The summed E-state index contributed by atoms with van der Waals surface area (Å²) < 4.78 is 9.94. The normalized spacial score (nSPS) is 12.2. The summed E-state index contributed by atoms with van der Waals surface area (Å²) in [7, 11) is 1.28. The number of carbonyl (C=O) groups excluding carboxylic acids is 2. The van der Waals surface area contributed by atoms with Crippen molar-refractivity contribution in [3.05, 3.63) is 29.8 Å². The summed E-state index contributed by atoms with van der Waals surface area (Å²) in [5.74, 6) is -0.522. The van der Waals surface area contributed by atoms with Gasteiger partial charge in [-0.1, -0.05) is 12.1 Å². The quantitative estimate of drug-likeness (QED) is 0.654. The number of methoxy groups -OCH3 is 1. The lowest BCUT2D eigenvalue weighted by Crippen LogP contribution is -2.45. The largest absolute Gasteiger partial charge is 0.467 e. The van der Waals surface area contributed by atoms with E-state index >= 15 is 0 Å². The van der Waals surface area contributed by atoms with Crippen LogP contribution in [0.25, 0.3) is 0 Å². The van der Waals surface area contributed by atoms with Crippen LogP contribution >= 0.6 is 0 Å². The van der Waals surface area contributed by atoms with Crippen molar-refractivity contribution in [1.82, 2.24) is 5.32 Å². The van der Waals surface area contributed by atoms with Crippen molar-refractivity contribution >= 4 is 17.7 Å². The minimum absolute atomic E-state index is 0.309. The zero-order chi connectivity index (χ0) is 18.2. The number of nitrogens with one attached hydrogen (secondary N) is 2. The highest BCUT2D eigenvalue weighted by Crippen LogP contribution is 2.12. The second kappa shape index (κ2) is 9.12. The number of nitrogens with two attached hydrogens (primary N) is 1. The maximum atomic E-state index is 11.9. The Kier molecular flexibility index (Phi) is 7.51. The fraction of sp³-hybridized carbons (Fsp3) is 0.529. The standard InChI is InChI=1S/C17H27N3O4/c1-17(2,3)24-16(22)20-14(15(21)23-4)11-12-5-7-13(8-6-12)19-10-9-18/h5-8,14,19H,9-11,18H2,1-4H3,(H,20,22). The topological polar surface area (TPSA) is 103 Å². The molecule has 0 radical (unpaired) electrons. The van der Waals surface area contributed by atoms with Crippen LogP contribution in [0.1, 0.15) is 26.3 Å². The van der Waals surface area contributed by atoms with E-state index < -0.39 is 23.7 Å². The molecule has 1 unspecified atom stereocenters. The maximum absolute atomic E-state index is 11.9. The van der Waals surface area contributed by atoms with E-state index in [-0.39, 0.29) is 0 Å². The number of amides is 1. The van der Waals surface area contributed by atoms with Gasteiger partial charge in [-0.2, -0.15) is 0 Å². The molecule has 0 aromatic heterocycles. The highest BCUT2D eigenvalue weighted by Gasteiger charge is 2.25. The Hall–Kier alpha value is -2.28. The molecule has 0 spiro atoms. The monoisotopic (exact) mass is 337 g/mol. The first-order valence-electron chi connectivity index (χ1n) is 7.85. The van der Waals surface area contributed by atoms with E-state index in [9.17, 15) is 9.59 Å². The third-order valence-corrected chi connectivity index (χ3v) is 3.04. The summed E-state index contributed by atoms with van der Waals surface area (Å²) in [5, 5.41) is 5.71. The van der Waals surface area contributed by atoms with Gasteiger partial charge in [0.1, 0.15) is 11.6 Å². The lowest BCUT2D eigenvalue weighted by atomic mass is 10.1. The first-order chi connectivity index (χ1) is 11.2. The Balaban J connectivity index is 2.72. The van der Waals surface area contributed by atoms with E-state index in [0.717, 1.165) is 11.3 Å². The first kappa shape index (κ1) is 19.8. The molecule has 1 aromatic carbocycles. The van der Waals surface area contributed by atoms with E-state index in [1.54, 1.807) is 20.8 Å². The van der Waals surface area contributed by atoms with Crippen LogP contribution in [0.2, 0.25) is 0 Å². The van der Waals surface area contributed by atoms with Crippen LogP contribution in [0.5, 0.6) is 0 Å². The fourth-order valence-corrected chi connectivity index (χ4v) is 2.00. The summed E-state index contributed by atoms with van der Waals surface area (Å²) in [5.41, 5.74) is 6.64. The Morgan fingerprint density at radius 1 is 1.21 bits per heavy atom. The van der Waals surface area contributed by atoms with E-state index in [1.807, 2.05) is 24.3 Å². The van der Waals surface area contributed by atoms with Crippen LogP contribution in [0.4, 0.5) is 10.5 Å². The average Bonchev–Trinajstić information content (AvgIpc) is 2.51. The van der Waals surface area contributed by atoms with Gasteiger partial charge >= 0.3 is 12.1 Å². The summed E-state index contributed by atoms with van der Waals surface area (Å²) >= 11 is 0. The van der Waals surface area contributed by atoms with Gasteiger partial charge in [-0.3, -0.25) is 0 Å². The van der Waals surface area contributed by atoms with Crippen molar-refractivity contribution in [3.63, 3.8) is 0 Å². The molecule has 0 heterocycles. The van der Waals surface area contributed by atoms with Gasteiger partial charge in [-0.25, -0.2) is 9.59 Å². The van der Waals surface area contributed by atoms with Crippen molar-refractivity contribution in [2.75, 3.05) is 25.5 Å². The molecule has 1 rings (SSSR count). The smallest absolute Gasteiger partial charge is 0.408 e. The number of benzene rings is 1. The average molecular weight is 337 g/mol. The third-order valence-electron chi connectivity index (χ3n) is 3.04. The molecule has 1 amide bonds. The van der Waals surface area contributed by atoms with Crippen LogP contribution in [0.15, 0.2) is 24.3 Å². The second-order valence-electron chi connectivity index (χ2n) is 6.34. The molecule has 24 heavy (non-hydrogen) atoms. The molecule has 7 nitrogen and oxygen atoms in total. The third kappa shape index (κ3) is 7.32. The molecule has 1 atom stereocenters. The molecule has 0 aliphatic carbocycles. The van der Waals surface area contributed by atoms with Gasteiger partial charge in [0.15, 0.2) is 0 Å². The molecule has 0 aliphatic rings. The number of alkyl carbamates (subject to hydrolysis) is 1. The lowest BCUT2D eigenvalue weighted by Gasteiger charge is -2.22. The van der Waals surface area contributed by atoms with Gasteiger partial charge < -0.3 is 25.8 Å². The van der Waals surface area contributed by atoms with E-state index in [2.05, 4.69) is 10.6 Å². The highest BCUT2D eigenvalue weighted by molar-refractivity contribution is 5.81. The van der Waals surface area contributed by atoms with Crippen molar-refractivity contribution in [1.29, 1.82) is 0 Å². The zero-order valence-corrected chi connectivity index (χ0v) is 14.7. The van der Waals surface area contributed by atoms with Gasteiger partial charge in [0.2, 0.25) is 0 Å². The minimum atomic E-state index is -0.812. The van der Waals surface area contributed by atoms with Crippen LogP contribution in [-0.2, 0) is 20.7 Å². The molecule has 1 aromatic rings. The van der Waals surface area contributed by atoms with Crippen molar-refractivity contribution in [3.8, 4) is 0 Å². The predicted octanol–water partition coefficient (Wildman–Crippen LogP) is 1.67. The summed E-state index contributed by atoms with van der Waals surface area (Å²) in [4.78, 5) is 23.8. The highest BCUT2D eigenvalue weighted by atomic mass is 16.6. The van der Waals surface area contributed by atoms with Crippen molar-refractivity contribution < 1.29 is 19.1 Å². The van der Waals surface area contributed by atoms with Gasteiger partial charge in [0.25, 0.3) is 0 Å². The molecule has 0 fully saturated rings. The molecule has 4 N–H and O–H groups in total. The Labute approximate surface area is 142 Å². The van der Waals surface area contributed by atoms with Gasteiger partial charge in [0, 0.05) is 25.2 Å². The number of hydrogen-bond acceptors (Lipinski definition) is 6. The fourth-order valence-electron chi connectivity index (χ4n) is 2.00. The Morgan fingerprint density at radius 3 is 2.33 bits per heavy atom. The van der Waals surface area contributed by atoms with E-state index in [1.165, 1.54) is 7.11 Å². The Bertz CT molecular complexity index is 538. The molecule has 7 heteroatoms. The predicted molar refractivity (Wildman–Crippen MR) is 92.9 cm³/mol. The minimum Gasteiger partial charge on any atom is -0.467 e. The summed E-state index contributed by atoms with van der Waals surface area (Å²) in [6.07, 6.45) is -0.345. The van der Waals surface area contributed by atoms with E-state index in [4.69, 9.17) is 15.2 Å². The first-order valence-corrected chi connectivity index (χ1v) is 7.85. The number of carbonyl (C=O) groups is 2. The molecule has 0 saturated carbocycles. The van der Waals surface area contributed by atoms with Crippen molar-refractivity contribution in [2.24, 2.45) is 5.73 Å². The molecular formula is C17H27N3O4. The molecule has 0 bridgehead atoms. The number of ether oxygens (including phenoxy) is 2. The van der Waals surface area contributed by atoms with Crippen LogP contribution in [0.3, 0.4) is 0 Å². The summed E-state index contributed by atoms with van der Waals surface area (Å²) in [6.45, 7) is 6.50. The van der Waals surface area contributed by atoms with Crippen LogP contribution in [-0.4, -0.2) is 43.9 Å². The van der Waals surface area contributed by atoms with Gasteiger partial charge in [-0.05, 0) is 38.5 Å². The van der Waals surface area contributed by atoms with Gasteiger partial charge in [-0.15, -0.1) is 0 Å². The second-order valence-corrected chi connectivity index (χ2v) is 6.34. The SMILES string of the molecule is COC(=O)C(Cc1ccc(NCCN)cc1)NC(=O)OC(C)(C)C. The van der Waals surface area contributed by atoms with Crippen LogP contribution < -0.4 is 16.4 Å². The Morgan fingerprint density at radius 2 is 1.83 bits per heavy atom. The summed E-state index contributed by atoms with van der Waals surface area (Å²) in [6, 6.07) is 6.74. The number of hydrogen-bond donors (Lipinski definition) is 3. The maximum Gasteiger partial charge on any atom is 0.408 e. The molecule has 0 aliphatic heterocycles. The molecular weight excluding hydrogens is 310 g/mol. The molecule has 0 saturated heterocycles. The van der Waals surface area contributed by atoms with Gasteiger partial charge in [0.05, 0.1) is 7.11 Å². The lowest BCUT2D eigenvalue weighted by molar-refractivity contribution is -0.143. The van der Waals surface area contributed by atoms with Crippen molar-refractivity contribution in [2.45, 2.75) is 38.8 Å².